The third kappa shape index (κ3) is 4.96. The highest BCUT2D eigenvalue weighted by Gasteiger charge is 2.77. The number of hydrogen-bond acceptors (Lipinski definition) is 5. The van der Waals surface area contributed by atoms with Crippen molar-refractivity contribution >= 4 is 29.5 Å². The average molecular weight is 548 g/mol. The van der Waals surface area contributed by atoms with Crippen molar-refractivity contribution in [3.8, 4) is 0 Å². The summed E-state index contributed by atoms with van der Waals surface area (Å²) in [6, 6.07) is -1.22. The van der Waals surface area contributed by atoms with Gasteiger partial charge in [-0.3, -0.25) is 14.4 Å². The number of hydrogen-bond donors (Lipinski definition) is 1. The fraction of sp³-hybridized carbons (Fsp3) is 0.767. The largest absolute Gasteiger partial charge is 0.394 e. The molecule has 0 aromatic carbocycles. The maximum absolute atomic E-state index is 14.6. The van der Waals surface area contributed by atoms with Crippen molar-refractivity contribution in [2.75, 3.05) is 26.2 Å². The molecule has 3 amide bonds. The van der Waals surface area contributed by atoms with E-state index in [0.29, 0.717) is 19.6 Å². The van der Waals surface area contributed by atoms with Crippen molar-refractivity contribution in [2.45, 2.75) is 95.3 Å². The van der Waals surface area contributed by atoms with E-state index in [1.54, 1.807) is 28.8 Å². The van der Waals surface area contributed by atoms with Gasteiger partial charge in [-0.25, -0.2) is 0 Å². The second kappa shape index (κ2) is 12.6. The zero-order valence-corrected chi connectivity index (χ0v) is 25.1. The van der Waals surface area contributed by atoms with Crippen LogP contribution in [-0.2, 0) is 14.4 Å². The first-order valence-corrected chi connectivity index (χ1v) is 15.4. The molecular weight excluding hydrogens is 498 g/mol. The Hall–Kier alpha value is -1.80. The summed E-state index contributed by atoms with van der Waals surface area (Å²) in [5, 5.41) is 10.5. The fourth-order valence-electron chi connectivity index (χ4n) is 7.28. The summed E-state index contributed by atoms with van der Waals surface area (Å²) in [7, 11) is 0. The number of likely N-dealkylation sites (tertiary alicyclic amines) is 1. The van der Waals surface area contributed by atoms with Gasteiger partial charge in [0, 0.05) is 30.9 Å². The highest BCUT2D eigenvalue weighted by atomic mass is 32.2. The second-order valence-electron chi connectivity index (χ2n) is 11.8. The number of aliphatic hydroxyl groups is 1. The molecular formula is C30H49N3O4S. The maximum Gasteiger partial charge on any atom is 0.247 e. The first-order valence-electron chi connectivity index (χ1n) is 14.5. The molecule has 7 nitrogen and oxygen atoms in total. The minimum atomic E-state index is -0.722. The second-order valence-corrected chi connectivity index (χ2v) is 13.3. The Morgan fingerprint density at radius 1 is 1.16 bits per heavy atom. The molecule has 0 aromatic heterocycles. The van der Waals surface area contributed by atoms with Gasteiger partial charge >= 0.3 is 0 Å². The van der Waals surface area contributed by atoms with Crippen molar-refractivity contribution in [3.63, 3.8) is 0 Å². The zero-order valence-electron chi connectivity index (χ0n) is 24.3. The van der Waals surface area contributed by atoms with Crippen LogP contribution in [0.3, 0.4) is 0 Å². The minimum Gasteiger partial charge on any atom is -0.394 e. The summed E-state index contributed by atoms with van der Waals surface area (Å²) in [6.45, 7) is 21.3. The lowest BCUT2D eigenvalue weighted by Crippen LogP contribution is -2.61. The SMILES string of the molecule is C=CCN(CCC)C(=O)[C@@H]1[C@@H]2CC(C)C3(S2)C(C(=O)N(CC=C)C(C)CCC)N([C@@H](CO)C(C)C)C(=O)[C@H]13. The van der Waals surface area contributed by atoms with Gasteiger partial charge in [0.15, 0.2) is 0 Å². The number of rotatable bonds is 14. The van der Waals surface area contributed by atoms with Crippen LogP contribution < -0.4 is 0 Å². The van der Waals surface area contributed by atoms with Gasteiger partial charge in [0.2, 0.25) is 17.7 Å². The molecule has 8 atom stereocenters. The predicted molar refractivity (Wildman–Crippen MR) is 155 cm³/mol. The third-order valence-corrected chi connectivity index (χ3v) is 11.1. The summed E-state index contributed by atoms with van der Waals surface area (Å²) in [5.41, 5.74) is 0. The summed E-state index contributed by atoms with van der Waals surface area (Å²) in [4.78, 5) is 48.5. The van der Waals surface area contributed by atoms with Crippen LogP contribution in [0.15, 0.2) is 25.3 Å². The number of carbonyl (C=O) groups excluding carboxylic acids is 3. The van der Waals surface area contributed by atoms with E-state index in [1.807, 2.05) is 30.6 Å². The Kier molecular flexibility index (Phi) is 10.2. The molecule has 1 spiro atoms. The molecule has 3 rings (SSSR count). The Balaban J connectivity index is 2.16. The molecule has 3 saturated heterocycles. The molecule has 2 bridgehead atoms. The number of carbonyl (C=O) groups is 3. The standard InChI is InChI=1S/C30H49N3O4S/c1-9-13-21(8)32(16-12-4)29(37)26-30-20(7)17-23(38-30)24(27(35)31(14-10-2)15-11-3)25(30)28(36)33(26)22(18-34)19(5)6/h10,12,19-26,34H,2,4,9,11,13-18H2,1,3,5-8H3/t20?,21?,22-,23-,24+,25-,26?,30?/m0/s1. The Labute approximate surface area is 234 Å². The number of amides is 3. The van der Waals surface area contributed by atoms with Crippen LogP contribution in [0, 0.1) is 23.7 Å². The lowest BCUT2D eigenvalue weighted by Gasteiger charge is -2.44. The van der Waals surface area contributed by atoms with Crippen molar-refractivity contribution in [3.05, 3.63) is 25.3 Å². The third-order valence-electron chi connectivity index (χ3n) is 9.02. The van der Waals surface area contributed by atoms with E-state index in [9.17, 15) is 19.5 Å². The zero-order chi connectivity index (χ0) is 28.4. The van der Waals surface area contributed by atoms with Gasteiger partial charge in [0.05, 0.1) is 29.2 Å². The van der Waals surface area contributed by atoms with Gasteiger partial charge in [-0.15, -0.1) is 24.9 Å². The number of aliphatic hydroxyl groups excluding tert-OH is 1. The van der Waals surface area contributed by atoms with Crippen LogP contribution in [0.5, 0.6) is 0 Å². The van der Waals surface area contributed by atoms with E-state index >= 15 is 0 Å². The van der Waals surface area contributed by atoms with Crippen LogP contribution in [0.2, 0.25) is 0 Å². The maximum atomic E-state index is 14.6. The molecule has 8 heteroatoms. The summed E-state index contributed by atoms with van der Waals surface area (Å²) in [6.07, 6.45) is 6.90. The molecule has 0 aromatic rings. The Morgan fingerprint density at radius 2 is 1.82 bits per heavy atom. The van der Waals surface area contributed by atoms with Crippen molar-refractivity contribution in [1.82, 2.24) is 14.7 Å². The molecule has 3 heterocycles. The topological polar surface area (TPSA) is 81.2 Å². The van der Waals surface area contributed by atoms with Crippen LogP contribution >= 0.6 is 11.8 Å². The minimum absolute atomic E-state index is 0.000572. The first kappa shape index (κ1) is 30.7. The number of thioether (sulfide) groups is 1. The lowest BCUT2D eigenvalue weighted by molar-refractivity contribution is -0.148. The van der Waals surface area contributed by atoms with Crippen LogP contribution in [0.4, 0.5) is 0 Å². The molecule has 0 radical (unpaired) electrons. The molecule has 0 aliphatic carbocycles. The van der Waals surface area contributed by atoms with E-state index < -0.39 is 28.7 Å². The molecule has 38 heavy (non-hydrogen) atoms. The van der Waals surface area contributed by atoms with Crippen molar-refractivity contribution in [2.24, 2.45) is 23.7 Å². The smallest absolute Gasteiger partial charge is 0.247 e. The first-order chi connectivity index (χ1) is 18.1. The molecule has 1 N–H and O–H groups in total. The molecule has 3 fully saturated rings. The Bertz CT molecular complexity index is 910. The van der Waals surface area contributed by atoms with Crippen molar-refractivity contribution < 1.29 is 19.5 Å². The Morgan fingerprint density at radius 3 is 2.34 bits per heavy atom. The summed E-state index contributed by atoms with van der Waals surface area (Å²) >= 11 is 1.70. The quantitative estimate of drug-likeness (QED) is 0.333. The van der Waals surface area contributed by atoms with Crippen LogP contribution in [0.1, 0.15) is 67.2 Å². The average Bonchev–Trinajstić information content (AvgIpc) is 3.46. The van der Waals surface area contributed by atoms with E-state index in [2.05, 4.69) is 33.9 Å². The highest BCUT2D eigenvalue weighted by Crippen LogP contribution is 2.69. The van der Waals surface area contributed by atoms with Gasteiger partial charge in [-0.1, -0.05) is 53.2 Å². The van der Waals surface area contributed by atoms with E-state index in [4.69, 9.17) is 0 Å². The summed E-state index contributed by atoms with van der Waals surface area (Å²) < 4.78 is -0.696. The van der Waals surface area contributed by atoms with E-state index in [-0.39, 0.29) is 47.5 Å². The van der Waals surface area contributed by atoms with Crippen molar-refractivity contribution in [1.29, 1.82) is 0 Å². The molecule has 214 valence electrons. The van der Waals surface area contributed by atoms with Gasteiger partial charge in [-0.2, -0.15) is 0 Å². The van der Waals surface area contributed by atoms with E-state index in [1.165, 1.54) is 0 Å². The number of fused-ring (bicyclic) bond motifs is 1. The predicted octanol–water partition coefficient (Wildman–Crippen LogP) is 3.97. The van der Waals surface area contributed by atoms with Crippen LogP contribution in [-0.4, -0.2) is 91.9 Å². The molecule has 0 saturated carbocycles. The normalized spacial score (nSPS) is 31.3. The van der Waals surface area contributed by atoms with Gasteiger partial charge in [0.1, 0.15) is 6.04 Å². The lowest BCUT2D eigenvalue weighted by atomic mass is 9.65. The molecule has 4 unspecified atom stereocenters. The van der Waals surface area contributed by atoms with Gasteiger partial charge in [-0.05, 0) is 38.0 Å². The molecule has 3 aliphatic rings. The van der Waals surface area contributed by atoms with Gasteiger partial charge in [0.25, 0.3) is 0 Å². The highest BCUT2D eigenvalue weighted by molar-refractivity contribution is 8.02. The summed E-state index contributed by atoms with van der Waals surface area (Å²) in [5.74, 6) is -1.23. The van der Waals surface area contributed by atoms with Crippen LogP contribution in [0.25, 0.3) is 0 Å². The van der Waals surface area contributed by atoms with Gasteiger partial charge < -0.3 is 19.8 Å². The molecule has 3 aliphatic heterocycles. The number of nitrogens with zero attached hydrogens (tertiary/aromatic N) is 3. The van der Waals surface area contributed by atoms with E-state index in [0.717, 1.165) is 25.7 Å². The fourth-order valence-corrected chi connectivity index (χ4v) is 9.68. The monoisotopic (exact) mass is 547 g/mol.